The second-order valence-corrected chi connectivity index (χ2v) is 8.21. The lowest BCUT2D eigenvalue weighted by atomic mass is 10.2. The topological polar surface area (TPSA) is 67.9 Å². The monoisotopic (exact) mass is 458 g/mol. The van der Waals surface area contributed by atoms with Crippen LogP contribution < -0.4 is 19.7 Å². The summed E-state index contributed by atoms with van der Waals surface area (Å²) in [6.07, 6.45) is 4.82. The zero-order valence-electron chi connectivity index (χ0n) is 16.0. The molecule has 1 aliphatic heterocycles. The molecule has 1 fully saturated rings. The van der Waals surface area contributed by atoms with Crippen LogP contribution in [0.2, 0.25) is 0 Å². The van der Waals surface area contributed by atoms with Crippen molar-refractivity contribution in [3.8, 4) is 11.5 Å². The Morgan fingerprint density at radius 3 is 2.83 bits per heavy atom. The minimum absolute atomic E-state index is 0.0531. The van der Waals surface area contributed by atoms with Crippen molar-refractivity contribution in [3.05, 3.63) is 52.5 Å². The molecular weight excluding hydrogens is 436 g/mol. The number of nitrogens with one attached hydrogen (secondary N) is 1. The van der Waals surface area contributed by atoms with E-state index in [1.165, 1.54) is 17.7 Å². The maximum Gasteiger partial charge on any atom is 0.265 e. The first-order valence-electron chi connectivity index (χ1n) is 9.84. The lowest BCUT2D eigenvalue weighted by Crippen LogP contribution is -2.45. The Morgan fingerprint density at radius 2 is 2.00 bits per heavy atom. The van der Waals surface area contributed by atoms with Crippen LogP contribution in [0.5, 0.6) is 11.5 Å². The fourth-order valence-corrected chi connectivity index (χ4v) is 4.04. The molecule has 2 amide bonds. The number of ether oxygens (including phenoxy) is 2. The van der Waals surface area contributed by atoms with Gasteiger partial charge in [-0.15, -0.1) is 0 Å². The van der Waals surface area contributed by atoms with Crippen LogP contribution >= 0.6 is 15.9 Å². The number of hydrogen-bond donors (Lipinski definition) is 1. The molecule has 1 heterocycles. The van der Waals surface area contributed by atoms with Crippen molar-refractivity contribution in [3.63, 3.8) is 0 Å². The predicted octanol–water partition coefficient (Wildman–Crippen LogP) is 3.81. The molecule has 152 valence electrons. The van der Waals surface area contributed by atoms with Gasteiger partial charge in [0.05, 0.1) is 11.8 Å². The minimum atomic E-state index is -0.236. The lowest BCUT2D eigenvalue weighted by Gasteiger charge is -2.29. The summed E-state index contributed by atoms with van der Waals surface area (Å²) in [5, 5.41) is 2.91. The van der Waals surface area contributed by atoms with Gasteiger partial charge in [-0.1, -0.05) is 34.1 Å². The van der Waals surface area contributed by atoms with Crippen molar-refractivity contribution in [2.45, 2.75) is 38.3 Å². The quantitative estimate of drug-likeness (QED) is 0.714. The van der Waals surface area contributed by atoms with Crippen LogP contribution in [0.15, 0.2) is 46.9 Å². The van der Waals surface area contributed by atoms with Crippen molar-refractivity contribution in [2.75, 3.05) is 18.1 Å². The minimum Gasteiger partial charge on any atom is -0.490 e. The Labute approximate surface area is 178 Å². The molecule has 0 unspecified atom stereocenters. The van der Waals surface area contributed by atoms with Crippen molar-refractivity contribution in [1.29, 1.82) is 0 Å². The molecule has 1 aliphatic carbocycles. The number of fused-ring (bicyclic) bond motifs is 1. The smallest absolute Gasteiger partial charge is 0.265 e. The molecule has 0 aromatic heterocycles. The average Bonchev–Trinajstić information content (AvgIpc) is 3.22. The van der Waals surface area contributed by atoms with Gasteiger partial charge in [0.1, 0.15) is 18.0 Å². The highest BCUT2D eigenvalue weighted by Gasteiger charge is 2.27. The third kappa shape index (κ3) is 4.72. The number of benzene rings is 2. The van der Waals surface area contributed by atoms with Gasteiger partial charge < -0.3 is 14.8 Å². The van der Waals surface area contributed by atoms with E-state index in [9.17, 15) is 9.59 Å². The molecule has 2 aromatic rings. The van der Waals surface area contributed by atoms with E-state index in [0.717, 1.165) is 28.6 Å². The van der Waals surface area contributed by atoms with E-state index in [1.807, 2.05) is 30.3 Å². The number of para-hydroxylation sites is 1. The zero-order valence-corrected chi connectivity index (χ0v) is 17.6. The maximum absolute atomic E-state index is 12.6. The third-order valence-electron chi connectivity index (χ3n) is 5.21. The second-order valence-electron chi connectivity index (χ2n) is 7.29. The van der Waals surface area contributed by atoms with Crippen LogP contribution in [0.3, 0.4) is 0 Å². The fraction of sp³-hybridized carbons (Fsp3) is 0.364. The Hall–Kier alpha value is -2.54. The van der Waals surface area contributed by atoms with E-state index < -0.39 is 0 Å². The molecule has 2 aromatic carbocycles. The second kappa shape index (κ2) is 8.86. The number of nitrogens with zero attached hydrogens (tertiary/aromatic N) is 1. The van der Waals surface area contributed by atoms with Gasteiger partial charge in [-0.2, -0.15) is 0 Å². The van der Waals surface area contributed by atoms with Crippen LogP contribution in [0.1, 0.15) is 31.2 Å². The van der Waals surface area contributed by atoms with Crippen LogP contribution in [-0.2, 0) is 16.1 Å². The van der Waals surface area contributed by atoms with Crippen LogP contribution in [0, 0.1) is 0 Å². The highest BCUT2D eigenvalue weighted by atomic mass is 79.9. The molecule has 1 N–H and O–H groups in total. The standard InChI is InChI=1S/C22H23BrN2O4/c23-16-9-10-18-20(11-16)28-14-22(27)25(18)13-21(26)24-12-15-5-1-4-8-19(15)29-17-6-2-3-7-17/h1,4-5,8-11,17H,2-3,6-7,12-14H2,(H,24,26). The predicted molar refractivity (Wildman–Crippen MR) is 113 cm³/mol. The van der Waals surface area contributed by atoms with Crippen molar-refractivity contribution in [2.24, 2.45) is 0 Å². The number of carbonyl (C=O) groups is 2. The first kappa shape index (κ1) is 19.8. The average molecular weight is 459 g/mol. The van der Waals surface area contributed by atoms with E-state index in [0.29, 0.717) is 18.0 Å². The van der Waals surface area contributed by atoms with Gasteiger partial charge >= 0.3 is 0 Å². The summed E-state index contributed by atoms with van der Waals surface area (Å²) in [6, 6.07) is 13.2. The molecular formula is C22H23BrN2O4. The summed E-state index contributed by atoms with van der Waals surface area (Å²) in [4.78, 5) is 26.3. The van der Waals surface area contributed by atoms with Crippen LogP contribution in [-0.4, -0.2) is 31.1 Å². The van der Waals surface area contributed by atoms with Gasteiger partial charge in [0.2, 0.25) is 5.91 Å². The number of rotatable bonds is 6. The molecule has 7 heteroatoms. The van der Waals surface area contributed by atoms with E-state index in [4.69, 9.17) is 9.47 Å². The highest BCUT2D eigenvalue weighted by molar-refractivity contribution is 9.10. The van der Waals surface area contributed by atoms with E-state index in [2.05, 4.69) is 21.2 Å². The molecule has 0 saturated heterocycles. The summed E-state index contributed by atoms with van der Waals surface area (Å²) < 4.78 is 12.4. The first-order valence-corrected chi connectivity index (χ1v) is 10.6. The van der Waals surface area contributed by atoms with Gasteiger partial charge in [-0.25, -0.2) is 0 Å². The van der Waals surface area contributed by atoms with E-state index in [1.54, 1.807) is 12.1 Å². The van der Waals surface area contributed by atoms with E-state index in [-0.39, 0.29) is 31.1 Å². The maximum atomic E-state index is 12.6. The summed E-state index contributed by atoms with van der Waals surface area (Å²) in [5.41, 5.74) is 1.54. The van der Waals surface area contributed by atoms with Gasteiger partial charge in [0, 0.05) is 16.6 Å². The first-order chi connectivity index (χ1) is 14.1. The summed E-state index contributed by atoms with van der Waals surface area (Å²) in [6.45, 7) is 0.227. The molecule has 0 spiro atoms. The number of anilines is 1. The third-order valence-corrected chi connectivity index (χ3v) is 5.70. The summed E-state index contributed by atoms with van der Waals surface area (Å²) in [5.74, 6) is 0.934. The van der Waals surface area contributed by atoms with Gasteiger partial charge in [0.25, 0.3) is 5.91 Å². The molecule has 2 aliphatic rings. The van der Waals surface area contributed by atoms with Gasteiger partial charge in [-0.05, 0) is 49.9 Å². The van der Waals surface area contributed by atoms with Crippen molar-refractivity contribution >= 4 is 33.4 Å². The SMILES string of the molecule is O=C(CN1C(=O)COc2cc(Br)ccc21)NCc1ccccc1OC1CCCC1. The Morgan fingerprint density at radius 1 is 1.21 bits per heavy atom. The number of carbonyl (C=O) groups excluding carboxylic acids is 2. The summed E-state index contributed by atoms with van der Waals surface area (Å²) in [7, 11) is 0. The zero-order chi connectivity index (χ0) is 20.2. The van der Waals surface area contributed by atoms with Gasteiger partial charge in [-0.3, -0.25) is 14.5 Å². The molecule has 1 saturated carbocycles. The largest absolute Gasteiger partial charge is 0.490 e. The number of amides is 2. The molecule has 0 bridgehead atoms. The Bertz CT molecular complexity index is 911. The molecule has 0 radical (unpaired) electrons. The molecule has 29 heavy (non-hydrogen) atoms. The molecule has 0 atom stereocenters. The Balaban J connectivity index is 1.39. The fourth-order valence-electron chi connectivity index (χ4n) is 3.70. The lowest BCUT2D eigenvalue weighted by molar-refractivity contribution is -0.125. The number of halogens is 1. The van der Waals surface area contributed by atoms with Crippen molar-refractivity contribution < 1.29 is 19.1 Å². The van der Waals surface area contributed by atoms with Crippen molar-refractivity contribution in [1.82, 2.24) is 5.32 Å². The normalized spacial score (nSPS) is 16.3. The van der Waals surface area contributed by atoms with Crippen LogP contribution in [0.25, 0.3) is 0 Å². The summed E-state index contributed by atoms with van der Waals surface area (Å²) >= 11 is 3.39. The molecule has 4 rings (SSSR count). The number of hydrogen-bond acceptors (Lipinski definition) is 4. The van der Waals surface area contributed by atoms with Gasteiger partial charge in [0.15, 0.2) is 6.61 Å². The van der Waals surface area contributed by atoms with E-state index >= 15 is 0 Å². The van der Waals surface area contributed by atoms with Crippen LogP contribution in [0.4, 0.5) is 5.69 Å². The molecule has 6 nitrogen and oxygen atoms in total. The highest BCUT2D eigenvalue weighted by Crippen LogP contribution is 2.34. The Kier molecular flexibility index (Phi) is 6.04.